The van der Waals surface area contributed by atoms with Gasteiger partial charge in [0.05, 0.1) is 10.3 Å². The monoisotopic (exact) mass is 285 g/mol. The SMILES string of the molecule is CCC1(N)CCCC(Cl)C1(Cl)Cc1ccccc1. The van der Waals surface area contributed by atoms with Crippen molar-refractivity contribution in [1.82, 2.24) is 0 Å². The van der Waals surface area contributed by atoms with Crippen LogP contribution >= 0.6 is 23.2 Å². The highest BCUT2D eigenvalue weighted by Crippen LogP contribution is 2.47. The summed E-state index contributed by atoms with van der Waals surface area (Å²) in [5.41, 5.74) is 7.40. The Bertz CT molecular complexity index is 395. The molecule has 100 valence electrons. The van der Waals surface area contributed by atoms with Crippen molar-refractivity contribution >= 4 is 23.2 Å². The minimum Gasteiger partial charge on any atom is -0.324 e. The molecule has 3 heteroatoms. The third kappa shape index (κ3) is 2.41. The largest absolute Gasteiger partial charge is 0.324 e. The van der Waals surface area contributed by atoms with E-state index >= 15 is 0 Å². The van der Waals surface area contributed by atoms with Crippen LogP contribution in [0.25, 0.3) is 0 Å². The first-order valence-corrected chi connectivity index (χ1v) is 7.49. The van der Waals surface area contributed by atoms with E-state index in [1.54, 1.807) is 0 Å². The van der Waals surface area contributed by atoms with Crippen LogP contribution in [-0.2, 0) is 6.42 Å². The van der Waals surface area contributed by atoms with Gasteiger partial charge in [-0.2, -0.15) is 0 Å². The van der Waals surface area contributed by atoms with E-state index in [0.29, 0.717) is 0 Å². The van der Waals surface area contributed by atoms with Gasteiger partial charge in [-0.25, -0.2) is 0 Å². The summed E-state index contributed by atoms with van der Waals surface area (Å²) < 4.78 is 0. The fourth-order valence-electron chi connectivity index (χ4n) is 3.00. The maximum atomic E-state index is 6.91. The molecule has 0 amide bonds. The molecular weight excluding hydrogens is 265 g/mol. The second-order valence-corrected chi connectivity index (χ2v) is 6.60. The molecule has 0 bridgehead atoms. The number of benzene rings is 1. The average Bonchev–Trinajstić information content (AvgIpc) is 2.37. The van der Waals surface area contributed by atoms with Crippen molar-refractivity contribution in [3.05, 3.63) is 35.9 Å². The van der Waals surface area contributed by atoms with Gasteiger partial charge in [0.2, 0.25) is 0 Å². The third-order valence-corrected chi connectivity index (χ3v) is 5.82. The second kappa shape index (κ2) is 5.40. The number of alkyl halides is 2. The van der Waals surface area contributed by atoms with Crippen LogP contribution in [0.4, 0.5) is 0 Å². The Morgan fingerprint density at radius 3 is 2.61 bits per heavy atom. The molecule has 3 unspecified atom stereocenters. The van der Waals surface area contributed by atoms with Gasteiger partial charge < -0.3 is 5.73 Å². The van der Waals surface area contributed by atoms with E-state index < -0.39 is 4.87 Å². The van der Waals surface area contributed by atoms with E-state index in [0.717, 1.165) is 32.1 Å². The number of halogens is 2. The summed E-state index contributed by atoms with van der Waals surface area (Å²) in [5, 5.41) is -0.0573. The lowest BCUT2D eigenvalue weighted by atomic mass is 9.68. The van der Waals surface area contributed by atoms with Gasteiger partial charge in [0.25, 0.3) is 0 Å². The first-order chi connectivity index (χ1) is 8.52. The highest BCUT2D eigenvalue weighted by atomic mass is 35.5. The van der Waals surface area contributed by atoms with Crippen LogP contribution in [0.15, 0.2) is 30.3 Å². The van der Waals surface area contributed by atoms with E-state index in [9.17, 15) is 0 Å². The zero-order valence-electron chi connectivity index (χ0n) is 10.8. The maximum absolute atomic E-state index is 6.91. The molecule has 1 fully saturated rings. The summed E-state index contributed by atoms with van der Waals surface area (Å²) in [6.45, 7) is 2.11. The molecule has 2 N–H and O–H groups in total. The Kier molecular flexibility index (Phi) is 4.25. The van der Waals surface area contributed by atoms with Crippen LogP contribution in [0.3, 0.4) is 0 Å². The second-order valence-electron chi connectivity index (χ2n) is 5.39. The van der Waals surface area contributed by atoms with Crippen molar-refractivity contribution in [3.63, 3.8) is 0 Å². The highest BCUT2D eigenvalue weighted by Gasteiger charge is 2.53. The zero-order valence-corrected chi connectivity index (χ0v) is 12.3. The molecule has 0 spiro atoms. The molecule has 2 rings (SSSR count). The molecule has 0 radical (unpaired) electrons. The molecule has 1 nitrogen and oxygen atoms in total. The van der Waals surface area contributed by atoms with Gasteiger partial charge in [0.15, 0.2) is 0 Å². The topological polar surface area (TPSA) is 26.0 Å². The van der Waals surface area contributed by atoms with E-state index in [1.165, 1.54) is 5.56 Å². The van der Waals surface area contributed by atoms with E-state index in [-0.39, 0.29) is 10.9 Å². The zero-order chi connectivity index (χ0) is 13.2. The Morgan fingerprint density at radius 2 is 2.00 bits per heavy atom. The first-order valence-electron chi connectivity index (χ1n) is 6.67. The normalized spacial score (nSPS) is 36.6. The van der Waals surface area contributed by atoms with Gasteiger partial charge in [-0.15, -0.1) is 23.2 Å². The molecule has 0 aliphatic heterocycles. The summed E-state index contributed by atoms with van der Waals surface area (Å²) in [4.78, 5) is -0.539. The highest BCUT2D eigenvalue weighted by molar-refractivity contribution is 6.33. The molecule has 1 aromatic rings. The summed E-state index contributed by atoms with van der Waals surface area (Å²) in [7, 11) is 0. The van der Waals surface area contributed by atoms with Gasteiger partial charge in [-0.1, -0.05) is 43.7 Å². The first kappa shape index (κ1) is 14.2. The number of hydrogen-bond donors (Lipinski definition) is 1. The summed E-state index contributed by atoms with van der Waals surface area (Å²) >= 11 is 13.4. The molecule has 0 heterocycles. The number of rotatable bonds is 3. The van der Waals surface area contributed by atoms with Crippen LogP contribution in [0.1, 0.15) is 38.2 Å². The Hall–Kier alpha value is -0.240. The van der Waals surface area contributed by atoms with Crippen molar-refractivity contribution < 1.29 is 0 Å². The van der Waals surface area contributed by atoms with Crippen molar-refractivity contribution in [2.45, 2.75) is 54.8 Å². The molecule has 3 atom stereocenters. The van der Waals surface area contributed by atoms with Crippen LogP contribution < -0.4 is 5.73 Å². The minimum absolute atomic E-state index is 0.0573. The lowest BCUT2D eigenvalue weighted by molar-refractivity contribution is 0.211. The van der Waals surface area contributed by atoms with Crippen molar-refractivity contribution in [2.24, 2.45) is 5.73 Å². The lowest BCUT2D eigenvalue weighted by Crippen LogP contribution is -2.64. The predicted molar refractivity (Wildman–Crippen MR) is 79.4 cm³/mol. The van der Waals surface area contributed by atoms with E-state index in [4.69, 9.17) is 28.9 Å². The summed E-state index contributed by atoms with van der Waals surface area (Å²) in [6.07, 6.45) is 4.60. The predicted octanol–water partition coefficient (Wildman–Crippen LogP) is 4.11. The van der Waals surface area contributed by atoms with Gasteiger partial charge in [0.1, 0.15) is 0 Å². The average molecular weight is 286 g/mol. The van der Waals surface area contributed by atoms with Crippen LogP contribution in [0, 0.1) is 0 Å². The quantitative estimate of drug-likeness (QED) is 0.832. The van der Waals surface area contributed by atoms with Crippen molar-refractivity contribution in [2.75, 3.05) is 0 Å². The van der Waals surface area contributed by atoms with Crippen LogP contribution in [0.2, 0.25) is 0 Å². The molecule has 1 aromatic carbocycles. The molecule has 18 heavy (non-hydrogen) atoms. The summed E-state index contributed by atoms with van der Waals surface area (Å²) in [6, 6.07) is 10.3. The molecule has 0 aromatic heterocycles. The van der Waals surface area contributed by atoms with Crippen LogP contribution in [-0.4, -0.2) is 15.8 Å². The summed E-state index contributed by atoms with van der Waals surface area (Å²) in [5.74, 6) is 0. The minimum atomic E-state index is -0.539. The fourth-order valence-corrected chi connectivity index (χ4v) is 3.94. The number of hydrogen-bond acceptors (Lipinski definition) is 1. The van der Waals surface area contributed by atoms with E-state index in [2.05, 4.69) is 19.1 Å². The Balaban J connectivity index is 2.30. The molecule has 1 saturated carbocycles. The van der Waals surface area contributed by atoms with Crippen LogP contribution in [0.5, 0.6) is 0 Å². The molecule has 1 aliphatic rings. The van der Waals surface area contributed by atoms with Gasteiger partial charge >= 0.3 is 0 Å². The van der Waals surface area contributed by atoms with E-state index in [1.807, 2.05) is 18.2 Å². The van der Waals surface area contributed by atoms with Gasteiger partial charge in [-0.3, -0.25) is 0 Å². The van der Waals surface area contributed by atoms with Gasteiger partial charge in [0, 0.05) is 5.54 Å². The molecular formula is C15H21Cl2N. The molecule has 0 saturated heterocycles. The Morgan fingerprint density at radius 1 is 1.33 bits per heavy atom. The van der Waals surface area contributed by atoms with Crippen molar-refractivity contribution in [1.29, 1.82) is 0 Å². The maximum Gasteiger partial charge on any atom is 0.0828 e. The van der Waals surface area contributed by atoms with Crippen molar-refractivity contribution in [3.8, 4) is 0 Å². The third-order valence-electron chi connectivity index (χ3n) is 4.34. The lowest BCUT2D eigenvalue weighted by Gasteiger charge is -2.50. The number of nitrogens with two attached hydrogens (primary N) is 1. The standard InChI is InChI=1S/C15H21Cl2N/c1-2-14(18)10-6-9-13(16)15(14,17)11-12-7-4-3-5-8-12/h3-5,7-8,13H,2,6,9-11,18H2,1H3. The Labute approximate surface area is 120 Å². The molecule has 1 aliphatic carbocycles. The van der Waals surface area contributed by atoms with Gasteiger partial charge in [-0.05, 0) is 31.2 Å². The fraction of sp³-hybridized carbons (Fsp3) is 0.600. The smallest absolute Gasteiger partial charge is 0.0828 e.